The molecule has 94 valence electrons. The summed E-state index contributed by atoms with van der Waals surface area (Å²) in [6, 6.07) is 4.91. The molecular formula is C13H18FNO2. The molecule has 0 spiro atoms. The molecule has 4 heteroatoms. The molecule has 1 aliphatic carbocycles. The lowest BCUT2D eigenvalue weighted by Crippen LogP contribution is -2.39. The highest BCUT2D eigenvalue weighted by Gasteiger charge is 2.24. The van der Waals surface area contributed by atoms with Crippen molar-refractivity contribution in [1.82, 2.24) is 5.32 Å². The van der Waals surface area contributed by atoms with Gasteiger partial charge in [-0.3, -0.25) is 0 Å². The minimum atomic E-state index is -0.304. The van der Waals surface area contributed by atoms with Crippen LogP contribution in [0.25, 0.3) is 0 Å². The van der Waals surface area contributed by atoms with Crippen LogP contribution in [-0.2, 0) is 0 Å². The zero-order valence-corrected chi connectivity index (χ0v) is 9.95. The van der Waals surface area contributed by atoms with Crippen molar-refractivity contribution in [1.29, 1.82) is 0 Å². The van der Waals surface area contributed by atoms with Gasteiger partial charge in [0, 0.05) is 12.1 Å². The minimum absolute atomic E-state index is 0.0326. The molecule has 0 heterocycles. The van der Waals surface area contributed by atoms with Gasteiger partial charge in [-0.1, -0.05) is 6.07 Å². The molecule has 0 amide bonds. The quantitative estimate of drug-likeness (QED) is 0.792. The minimum Gasteiger partial charge on any atom is -0.491 e. The van der Waals surface area contributed by atoms with Crippen LogP contribution in [0.3, 0.4) is 0 Å². The third-order valence-electron chi connectivity index (χ3n) is 2.86. The third kappa shape index (κ3) is 3.68. The molecular weight excluding hydrogens is 221 g/mol. The van der Waals surface area contributed by atoms with E-state index in [1.165, 1.54) is 12.1 Å². The van der Waals surface area contributed by atoms with Crippen LogP contribution in [0.1, 0.15) is 18.4 Å². The molecule has 17 heavy (non-hydrogen) atoms. The van der Waals surface area contributed by atoms with Crippen molar-refractivity contribution in [3.63, 3.8) is 0 Å². The maximum Gasteiger partial charge on any atom is 0.126 e. The molecule has 1 saturated carbocycles. The zero-order chi connectivity index (χ0) is 12.3. The van der Waals surface area contributed by atoms with Gasteiger partial charge in [0.15, 0.2) is 0 Å². The second kappa shape index (κ2) is 5.47. The predicted molar refractivity (Wildman–Crippen MR) is 63.7 cm³/mol. The van der Waals surface area contributed by atoms with E-state index in [2.05, 4.69) is 5.32 Å². The number of aliphatic hydroxyl groups excluding tert-OH is 1. The molecule has 0 saturated heterocycles. The maximum absolute atomic E-state index is 13.0. The fourth-order valence-corrected chi connectivity index (χ4v) is 1.66. The van der Waals surface area contributed by atoms with Crippen molar-refractivity contribution >= 4 is 0 Å². The Morgan fingerprint density at radius 3 is 2.94 bits per heavy atom. The lowest BCUT2D eigenvalue weighted by Gasteiger charge is -2.17. The predicted octanol–water partition coefficient (Wildman–Crippen LogP) is 1.63. The molecule has 1 unspecified atom stereocenters. The fourth-order valence-electron chi connectivity index (χ4n) is 1.66. The van der Waals surface area contributed by atoms with Gasteiger partial charge < -0.3 is 15.2 Å². The zero-order valence-electron chi connectivity index (χ0n) is 9.95. The van der Waals surface area contributed by atoms with E-state index < -0.39 is 0 Å². The van der Waals surface area contributed by atoms with Gasteiger partial charge in [0.2, 0.25) is 0 Å². The summed E-state index contributed by atoms with van der Waals surface area (Å²) in [6.07, 6.45) is 2.32. The van der Waals surface area contributed by atoms with Gasteiger partial charge in [0.05, 0.1) is 12.6 Å². The summed E-state index contributed by atoms with van der Waals surface area (Å²) in [4.78, 5) is 0. The Kier molecular flexibility index (Phi) is 3.97. The summed E-state index contributed by atoms with van der Waals surface area (Å²) >= 11 is 0. The van der Waals surface area contributed by atoms with Crippen molar-refractivity contribution in [2.45, 2.75) is 31.8 Å². The number of ether oxygens (including phenoxy) is 1. The van der Waals surface area contributed by atoms with Crippen molar-refractivity contribution < 1.29 is 14.2 Å². The molecule has 1 aromatic carbocycles. The van der Waals surface area contributed by atoms with Crippen LogP contribution in [0.15, 0.2) is 18.2 Å². The van der Waals surface area contributed by atoms with Gasteiger partial charge in [-0.15, -0.1) is 0 Å². The van der Waals surface area contributed by atoms with Gasteiger partial charge in [0.25, 0.3) is 0 Å². The molecule has 0 aromatic heterocycles. The molecule has 1 aromatic rings. The van der Waals surface area contributed by atoms with E-state index in [-0.39, 0.29) is 18.5 Å². The lowest BCUT2D eigenvalue weighted by molar-refractivity contribution is 0.181. The highest BCUT2D eigenvalue weighted by atomic mass is 19.1. The van der Waals surface area contributed by atoms with Crippen molar-refractivity contribution in [2.24, 2.45) is 0 Å². The summed E-state index contributed by atoms with van der Waals surface area (Å²) in [5.41, 5.74) is 0.898. The molecule has 0 aliphatic heterocycles. The number of hydrogen-bond donors (Lipinski definition) is 2. The van der Waals surface area contributed by atoms with Gasteiger partial charge in [-0.05, 0) is 31.4 Å². The van der Waals surface area contributed by atoms with E-state index in [9.17, 15) is 9.50 Å². The first-order valence-electron chi connectivity index (χ1n) is 5.95. The number of aliphatic hydroxyl groups is 1. The number of rotatable bonds is 6. The number of nitrogens with one attached hydrogen (secondary N) is 1. The van der Waals surface area contributed by atoms with Crippen LogP contribution in [0.4, 0.5) is 4.39 Å². The summed E-state index contributed by atoms with van der Waals surface area (Å²) in [6.45, 7) is 2.26. The standard InChI is InChI=1S/C13H18FNO2/c1-9-2-3-10(14)6-13(9)17-8-12(7-16)15-11-4-5-11/h2-3,6,11-12,15-16H,4-5,7-8H2,1H3. The number of hydrogen-bond acceptors (Lipinski definition) is 3. The molecule has 1 aliphatic rings. The summed E-state index contributed by atoms with van der Waals surface area (Å²) in [5, 5.41) is 12.5. The Bertz CT molecular complexity index is 380. The second-order valence-corrected chi connectivity index (χ2v) is 4.54. The van der Waals surface area contributed by atoms with E-state index in [1.54, 1.807) is 6.07 Å². The lowest BCUT2D eigenvalue weighted by atomic mass is 10.2. The fraction of sp³-hybridized carbons (Fsp3) is 0.538. The smallest absolute Gasteiger partial charge is 0.126 e. The Balaban J connectivity index is 1.88. The van der Waals surface area contributed by atoms with Crippen LogP contribution >= 0.6 is 0 Å². The van der Waals surface area contributed by atoms with Crippen molar-refractivity contribution in [2.75, 3.05) is 13.2 Å². The number of aryl methyl sites for hydroxylation is 1. The first kappa shape index (κ1) is 12.3. The second-order valence-electron chi connectivity index (χ2n) is 4.54. The molecule has 3 nitrogen and oxygen atoms in total. The van der Waals surface area contributed by atoms with Crippen LogP contribution in [-0.4, -0.2) is 30.4 Å². The van der Waals surface area contributed by atoms with Crippen LogP contribution in [0.5, 0.6) is 5.75 Å². The van der Waals surface area contributed by atoms with E-state index >= 15 is 0 Å². The Morgan fingerprint density at radius 1 is 1.53 bits per heavy atom. The van der Waals surface area contributed by atoms with Crippen LogP contribution in [0.2, 0.25) is 0 Å². The molecule has 1 fully saturated rings. The topological polar surface area (TPSA) is 41.5 Å². The van der Waals surface area contributed by atoms with Gasteiger partial charge in [0.1, 0.15) is 18.2 Å². The monoisotopic (exact) mass is 239 g/mol. The normalized spacial score (nSPS) is 16.9. The molecule has 1 atom stereocenters. The summed E-state index contributed by atoms with van der Waals surface area (Å²) in [7, 11) is 0. The van der Waals surface area contributed by atoms with Gasteiger partial charge in [-0.25, -0.2) is 4.39 Å². The average molecular weight is 239 g/mol. The van der Waals surface area contributed by atoms with Crippen molar-refractivity contribution in [3.8, 4) is 5.75 Å². The Labute approximate surface area is 101 Å². The van der Waals surface area contributed by atoms with Gasteiger partial charge in [-0.2, -0.15) is 0 Å². The molecule has 2 rings (SSSR count). The van der Waals surface area contributed by atoms with Crippen LogP contribution in [0, 0.1) is 12.7 Å². The van der Waals surface area contributed by atoms with E-state index in [0.29, 0.717) is 18.4 Å². The maximum atomic E-state index is 13.0. The van der Waals surface area contributed by atoms with E-state index in [1.807, 2.05) is 6.92 Å². The van der Waals surface area contributed by atoms with E-state index in [4.69, 9.17) is 4.74 Å². The number of benzene rings is 1. The Morgan fingerprint density at radius 2 is 2.29 bits per heavy atom. The summed E-state index contributed by atoms with van der Waals surface area (Å²) in [5.74, 6) is 0.238. The average Bonchev–Trinajstić information content (AvgIpc) is 3.12. The highest BCUT2D eigenvalue weighted by molar-refractivity contribution is 5.32. The Hall–Kier alpha value is -1.13. The first-order valence-corrected chi connectivity index (χ1v) is 5.95. The van der Waals surface area contributed by atoms with E-state index in [0.717, 1.165) is 18.4 Å². The molecule has 2 N–H and O–H groups in total. The third-order valence-corrected chi connectivity index (χ3v) is 2.86. The SMILES string of the molecule is Cc1ccc(F)cc1OCC(CO)NC1CC1. The van der Waals surface area contributed by atoms with Crippen molar-refractivity contribution in [3.05, 3.63) is 29.6 Å². The first-order chi connectivity index (χ1) is 8.19. The highest BCUT2D eigenvalue weighted by Crippen LogP contribution is 2.21. The molecule has 0 bridgehead atoms. The van der Waals surface area contributed by atoms with Gasteiger partial charge >= 0.3 is 0 Å². The summed E-state index contributed by atoms with van der Waals surface area (Å²) < 4.78 is 18.6. The number of halogens is 1. The molecule has 0 radical (unpaired) electrons. The largest absolute Gasteiger partial charge is 0.491 e. The van der Waals surface area contributed by atoms with Crippen LogP contribution < -0.4 is 10.1 Å².